The normalized spacial score (nSPS) is 42.7. The summed E-state index contributed by atoms with van der Waals surface area (Å²) in [6, 6.07) is 0. The van der Waals surface area contributed by atoms with Gasteiger partial charge in [0.05, 0.1) is 24.4 Å². The van der Waals surface area contributed by atoms with Crippen LogP contribution >= 0.6 is 0 Å². The molecule has 0 spiro atoms. The summed E-state index contributed by atoms with van der Waals surface area (Å²) in [7, 11) is 0. The predicted octanol–water partition coefficient (Wildman–Crippen LogP) is 9.61. The fourth-order valence-electron chi connectivity index (χ4n) is 10.6. The lowest BCUT2D eigenvalue weighted by Crippen LogP contribution is -2.37. The molecule has 5 nitrogen and oxygen atoms in total. The van der Waals surface area contributed by atoms with E-state index in [0.29, 0.717) is 35.5 Å². The maximum atomic E-state index is 13.4. The van der Waals surface area contributed by atoms with Crippen LogP contribution in [0.1, 0.15) is 168 Å². The van der Waals surface area contributed by atoms with E-state index in [1.807, 2.05) is 0 Å². The molecule has 260 valence electrons. The first-order valence-electron chi connectivity index (χ1n) is 20.2. The molecule has 0 amide bonds. The van der Waals surface area contributed by atoms with Gasteiger partial charge >= 0.3 is 0 Å². The van der Waals surface area contributed by atoms with Crippen molar-refractivity contribution in [3.8, 4) is 0 Å². The number of hydrogen-bond donors (Lipinski definition) is 0. The van der Waals surface area contributed by atoms with Crippen LogP contribution in [0.5, 0.6) is 0 Å². The van der Waals surface area contributed by atoms with Gasteiger partial charge in [-0.1, -0.05) is 26.7 Å². The van der Waals surface area contributed by atoms with E-state index in [4.69, 9.17) is 9.47 Å². The molecule has 0 saturated heterocycles. The van der Waals surface area contributed by atoms with Gasteiger partial charge in [-0.2, -0.15) is 0 Å². The van der Waals surface area contributed by atoms with Gasteiger partial charge < -0.3 is 9.47 Å². The van der Waals surface area contributed by atoms with Crippen LogP contribution in [0, 0.1) is 47.3 Å². The molecule has 0 unspecified atom stereocenters. The molecule has 6 rings (SSSR count). The van der Waals surface area contributed by atoms with Crippen LogP contribution < -0.4 is 0 Å². The first-order valence-corrected chi connectivity index (χ1v) is 20.2. The minimum Gasteiger partial charge on any atom is -0.375 e. The summed E-state index contributed by atoms with van der Waals surface area (Å²) in [6.07, 6.45) is 26.8. The summed E-state index contributed by atoms with van der Waals surface area (Å²) in [5.74, 6) is 4.51. The molecular weight excluding hydrogens is 572 g/mol. The van der Waals surface area contributed by atoms with E-state index in [0.717, 1.165) is 127 Å². The largest absolute Gasteiger partial charge is 0.375 e. The van der Waals surface area contributed by atoms with Crippen LogP contribution in [-0.2, 0) is 23.9 Å². The average molecular weight is 639 g/mol. The quantitative estimate of drug-likeness (QED) is 0.238. The van der Waals surface area contributed by atoms with Gasteiger partial charge in [-0.3, -0.25) is 14.4 Å². The Morgan fingerprint density at radius 3 is 0.739 bits per heavy atom. The molecule has 6 aliphatic carbocycles. The number of carbonyl (C=O) groups excluding carboxylic acids is 3. The lowest BCUT2D eigenvalue weighted by atomic mass is 9.70. The second-order valence-corrected chi connectivity index (χ2v) is 17.3. The van der Waals surface area contributed by atoms with Crippen molar-refractivity contribution in [2.75, 3.05) is 0 Å². The van der Waals surface area contributed by atoms with Crippen molar-refractivity contribution in [2.24, 2.45) is 47.3 Å². The Bertz CT molecular complexity index is 974. The minimum atomic E-state index is 0.175. The molecule has 0 aliphatic heterocycles. The van der Waals surface area contributed by atoms with Gasteiger partial charge in [-0.15, -0.1) is 0 Å². The lowest BCUT2D eigenvalue weighted by Gasteiger charge is -2.37. The Kier molecular flexibility index (Phi) is 12.5. The summed E-state index contributed by atoms with van der Waals surface area (Å²) in [5.41, 5.74) is 0. The van der Waals surface area contributed by atoms with Crippen LogP contribution in [-0.4, -0.2) is 41.8 Å². The van der Waals surface area contributed by atoms with E-state index in [1.165, 1.54) is 38.5 Å². The van der Waals surface area contributed by atoms with Crippen LogP contribution in [0.15, 0.2) is 0 Å². The number of rotatable bonds is 10. The van der Waals surface area contributed by atoms with Gasteiger partial charge in [0.25, 0.3) is 0 Å². The fraction of sp³-hybridized carbons (Fsp3) is 0.927. The highest BCUT2D eigenvalue weighted by Gasteiger charge is 2.39. The van der Waals surface area contributed by atoms with Crippen molar-refractivity contribution in [3.63, 3.8) is 0 Å². The van der Waals surface area contributed by atoms with Gasteiger partial charge in [0, 0.05) is 35.5 Å². The SMILES string of the molecule is CC1CCC(OC2CCC(C(=O)C3CCC(OC4CCC(C(=O)C5CCC(C(=O)C6CCC(C)CC6)CC5)CC4)CC3)CC2)CC1. The van der Waals surface area contributed by atoms with Crippen molar-refractivity contribution in [1.29, 1.82) is 0 Å². The highest BCUT2D eigenvalue weighted by Crippen LogP contribution is 2.40. The molecule has 5 heteroatoms. The van der Waals surface area contributed by atoms with Crippen LogP contribution in [0.2, 0.25) is 0 Å². The molecule has 6 aliphatic rings. The van der Waals surface area contributed by atoms with Crippen LogP contribution in [0.4, 0.5) is 0 Å². The highest BCUT2D eigenvalue weighted by molar-refractivity contribution is 5.86. The van der Waals surface area contributed by atoms with Gasteiger partial charge in [-0.25, -0.2) is 0 Å². The topological polar surface area (TPSA) is 69.7 Å². The third-order valence-corrected chi connectivity index (χ3v) is 13.9. The van der Waals surface area contributed by atoms with Gasteiger partial charge in [0.2, 0.25) is 0 Å². The molecule has 0 bridgehead atoms. The van der Waals surface area contributed by atoms with Crippen molar-refractivity contribution in [1.82, 2.24) is 0 Å². The first kappa shape index (κ1) is 34.8. The summed E-state index contributed by atoms with van der Waals surface area (Å²) in [5, 5.41) is 0. The molecule has 0 atom stereocenters. The molecular formula is C41H66O5. The number of hydrogen-bond acceptors (Lipinski definition) is 5. The van der Waals surface area contributed by atoms with E-state index in [2.05, 4.69) is 13.8 Å². The molecule has 0 heterocycles. The predicted molar refractivity (Wildman–Crippen MR) is 182 cm³/mol. The van der Waals surface area contributed by atoms with Crippen molar-refractivity contribution < 1.29 is 23.9 Å². The van der Waals surface area contributed by atoms with Gasteiger partial charge in [-0.05, 0) is 153 Å². The molecule has 0 aromatic carbocycles. The summed E-state index contributed by atoms with van der Waals surface area (Å²) in [6.45, 7) is 4.67. The zero-order valence-corrected chi connectivity index (χ0v) is 29.4. The fourth-order valence-corrected chi connectivity index (χ4v) is 10.6. The molecule has 6 fully saturated rings. The van der Waals surface area contributed by atoms with Crippen LogP contribution in [0.25, 0.3) is 0 Å². The van der Waals surface area contributed by atoms with Gasteiger partial charge in [0.15, 0.2) is 0 Å². The van der Waals surface area contributed by atoms with Crippen LogP contribution in [0.3, 0.4) is 0 Å². The maximum Gasteiger partial charge on any atom is 0.139 e. The number of carbonyl (C=O) groups is 3. The van der Waals surface area contributed by atoms with E-state index in [-0.39, 0.29) is 41.8 Å². The molecule has 0 N–H and O–H groups in total. The summed E-state index contributed by atoms with van der Waals surface area (Å²) in [4.78, 5) is 40.0. The standard InChI is InChI=1S/C41H66O5/c1-27-3-7-29(8-4-27)39(42)30-9-11-31(12-10-30)40(43)32-13-23-37(24-14-32)46-38-25-17-34(18-26-38)41(44)33-15-21-36(22-16-33)45-35-19-5-28(2)6-20-35/h27-38H,3-26H2,1-2H3. The van der Waals surface area contributed by atoms with Crippen molar-refractivity contribution in [2.45, 2.75) is 192 Å². The number of Topliss-reactive ketones (excluding diaryl/α,β-unsaturated/α-hetero) is 3. The Labute approximate surface area is 280 Å². The lowest BCUT2D eigenvalue weighted by molar-refractivity contribution is -0.135. The molecule has 6 saturated carbocycles. The zero-order chi connectivity index (χ0) is 32.0. The maximum absolute atomic E-state index is 13.4. The Balaban J connectivity index is 0.837. The van der Waals surface area contributed by atoms with Gasteiger partial charge in [0.1, 0.15) is 17.3 Å². The second-order valence-electron chi connectivity index (χ2n) is 17.3. The first-order chi connectivity index (χ1) is 22.3. The second kappa shape index (κ2) is 16.6. The Morgan fingerprint density at radius 1 is 0.304 bits per heavy atom. The summed E-state index contributed by atoms with van der Waals surface area (Å²) < 4.78 is 13.1. The highest BCUT2D eigenvalue weighted by atomic mass is 16.5. The number of ketones is 3. The number of ether oxygens (including phenoxy) is 2. The van der Waals surface area contributed by atoms with E-state index in [1.54, 1.807) is 0 Å². The monoisotopic (exact) mass is 638 g/mol. The van der Waals surface area contributed by atoms with E-state index >= 15 is 0 Å². The minimum absolute atomic E-state index is 0.175. The molecule has 46 heavy (non-hydrogen) atoms. The van der Waals surface area contributed by atoms with Crippen molar-refractivity contribution in [3.05, 3.63) is 0 Å². The van der Waals surface area contributed by atoms with Crippen molar-refractivity contribution >= 4 is 17.3 Å². The molecule has 0 aromatic rings. The Hall–Kier alpha value is -1.07. The zero-order valence-electron chi connectivity index (χ0n) is 29.4. The smallest absolute Gasteiger partial charge is 0.139 e. The molecule has 0 radical (unpaired) electrons. The molecule has 0 aromatic heterocycles. The average Bonchev–Trinajstić information content (AvgIpc) is 3.10. The van der Waals surface area contributed by atoms with E-state index < -0.39 is 0 Å². The van der Waals surface area contributed by atoms with E-state index in [9.17, 15) is 14.4 Å². The Morgan fingerprint density at radius 2 is 0.478 bits per heavy atom. The summed E-state index contributed by atoms with van der Waals surface area (Å²) >= 11 is 0. The third-order valence-electron chi connectivity index (χ3n) is 13.9. The third kappa shape index (κ3) is 9.13.